The predicted molar refractivity (Wildman–Crippen MR) is 112 cm³/mol. The first-order valence-electron chi connectivity index (χ1n) is 9.15. The van der Waals surface area contributed by atoms with E-state index < -0.39 is 0 Å². The minimum atomic E-state index is -0.202. The summed E-state index contributed by atoms with van der Waals surface area (Å²) in [6.07, 6.45) is 8.70. The molecule has 0 saturated carbocycles. The Bertz CT molecular complexity index is 1180. The van der Waals surface area contributed by atoms with E-state index in [4.69, 9.17) is 0 Å². The summed E-state index contributed by atoms with van der Waals surface area (Å²) in [6.45, 7) is 4.13. The van der Waals surface area contributed by atoms with Gasteiger partial charge in [0.15, 0.2) is 5.78 Å². The van der Waals surface area contributed by atoms with Crippen LogP contribution in [0.5, 0.6) is 0 Å². The SMILES string of the molecule is CC(C)n1cc(C(=O)c2ccnc(NC(=O)Cc3cncs3)c2)c2cnccc21. The molecule has 0 aliphatic heterocycles. The highest BCUT2D eigenvalue weighted by Gasteiger charge is 2.19. The minimum Gasteiger partial charge on any atom is -0.344 e. The van der Waals surface area contributed by atoms with Crippen LogP contribution in [0, 0.1) is 0 Å². The molecule has 4 rings (SSSR count). The molecule has 7 nitrogen and oxygen atoms in total. The average molecular weight is 405 g/mol. The Hall–Kier alpha value is -3.39. The maximum Gasteiger partial charge on any atom is 0.230 e. The molecule has 0 aliphatic rings. The number of thiazole rings is 1. The molecule has 8 heteroatoms. The van der Waals surface area contributed by atoms with Gasteiger partial charge in [-0.2, -0.15) is 0 Å². The Labute approximate surface area is 171 Å². The van der Waals surface area contributed by atoms with Gasteiger partial charge in [-0.05, 0) is 32.0 Å². The second kappa shape index (κ2) is 7.92. The molecular formula is C21H19N5O2S. The number of amides is 1. The van der Waals surface area contributed by atoms with Crippen LogP contribution in [0.15, 0.2) is 54.7 Å². The molecule has 0 aromatic carbocycles. The van der Waals surface area contributed by atoms with Gasteiger partial charge in [0.05, 0.1) is 17.4 Å². The van der Waals surface area contributed by atoms with Gasteiger partial charge in [-0.1, -0.05) is 0 Å². The summed E-state index contributed by atoms with van der Waals surface area (Å²) in [5.41, 5.74) is 3.68. The minimum absolute atomic E-state index is 0.136. The first-order chi connectivity index (χ1) is 14.0. The number of fused-ring (bicyclic) bond motifs is 1. The van der Waals surface area contributed by atoms with Gasteiger partial charge in [0, 0.05) is 58.4 Å². The summed E-state index contributed by atoms with van der Waals surface area (Å²) >= 11 is 1.42. The van der Waals surface area contributed by atoms with Gasteiger partial charge in [-0.3, -0.25) is 19.6 Å². The fraction of sp³-hybridized carbons (Fsp3) is 0.190. The van der Waals surface area contributed by atoms with Crippen molar-refractivity contribution >= 4 is 39.7 Å². The summed E-state index contributed by atoms with van der Waals surface area (Å²) in [5, 5.41) is 3.55. The van der Waals surface area contributed by atoms with Crippen LogP contribution < -0.4 is 5.32 Å². The number of carbonyl (C=O) groups excluding carboxylic acids is 2. The number of ketones is 1. The third-order valence-electron chi connectivity index (χ3n) is 4.54. The molecule has 0 atom stereocenters. The number of pyridine rings is 2. The molecule has 0 aliphatic carbocycles. The summed E-state index contributed by atoms with van der Waals surface area (Å²) in [6, 6.07) is 5.36. The van der Waals surface area contributed by atoms with E-state index in [-0.39, 0.29) is 24.2 Å². The molecule has 146 valence electrons. The molecule has 0 fully saturated rings. The van der Waals surface area contributed by atoms with Crippen LogP contribution >= 0.6 is 11.3 Å². The van der Waals surface area contributed by atoms with Crippen molar-refractivity contribution in [3.63, 3.8) is 0 Å². The number of nitrogens with one attached hydrogen (secondary N) is 1. The van der Waals surface area contributed by atoms with E-state index in [2.05, 4.69) is 38.7 Å². The standard InChI is InChI=1S/C21H19N5O2S/c1-13(2)26-11-17(16-10-22-5-4-18(16)26)21(28)14-3-6-24-19(7-14)25-20(27)8-15-9-23-12-29-15/h3-7,9-13H,8H2,1-2H3,(H,24,25,27). The van der Waals surface area contributed by atoms with Crippen molar-refractivity contribution in [1.82, 2.24) is 19.5 Å². The van der Waals surface area contributed by atoms with Crippen molar-refractivity contribution in [3.05, 3.63) is 70.7 Å². The van der Waals surface area contributed by atoms with Gasteiger partial charge in [0.25, 0.3) is 0 Å². The van der Waals surface area contributed by atoms with Gasteiger partial charge in [0.2, 0.25) is 5.91 Å². The Kier molecular flexibility index (Phi) is 5.18. The zero-order chi connectivity index (χ0) is 20.4. The van der Waals surface area contributed by atoms with Crippen LogP contribution in [0.3, 0.4) is 0 Å². The number of aromatic nitrogens is 4. The molecule has 0 bridgehead atoms. The Morgan fingerprint density at radius 3 is 2.79 bits per heavy atom. The van der Waals surface area contributed by atoms with Crippen LogP contribution in [0.1, 0.15) is 40.7 Å². The summed E-state index contributed by atoms with van der Waals surface area (Å²) < 4.78 is 2.06. The van der Waals surface area contributed by atoms with Crippen LogP contribution in [0.25, 0.3) is 10.9 Å². The largest absolute Gasteiger partial charge is 0.344 e. The van der Waals surface area contributed by atoms with E-state index in [0.29, 0.717) is 16.9 Å². The smallest absolute Gasteiger partial charge is 0.230 e. The lowest BCUT2D eigenvalue weighted by molar-refractivity contribution is -0.115. The predicted octanol–water partition coefficient (Wildman–Crippen LogP) is 3.88. The quantitative estimate of drug-likeness (QED) is 0.492. The van der Waals surface area contributed by atoms with E-state index in [1.54, 1.807) is 36.2 Å². The normalized spacial score (nSPS) is 11.1. The van der Waals surface area contributed by atoms with Crippen molar-refractivity contribution in [2.24, 2.45) is 0 Å². The number of rotatable bonds is 6. The molecule has 1 amide bonds. The second-order valence-corrected chi connectivity index (χ2v) is 7.86. The van der Waals surface area contributed by atoms with Crippen LogP contribution in [0.2, 0.25) is 0 Å². The molecule has 1 N–H and O–H groups in total. The fourth-order valence-electron chi connectivity index (χ4n) is 3.18. The molecule has 4 aromatic heterocycles. The number of hydrogen-bond donors (Lipinski definition) is 1. The third-order valence-corrected chi connectivity index (χ3v) is 5.32. The highest BCUT2D eigenvalue weighted by molar-refractivity contribution is 7.09. The van der Waals surface area contributed by atoms with E-state index in [1.165, 1.54) is 17.5 Å². The molecule has 0 radical (unpaired) electrons. The topological polar surface area (TPSA) is 89.8 Å². The Balaban J connectivity index is 1.61. The monoisotopic (exact) mass is 405 g/mol. The molecule has 0 spiro atoms. The van der Waals surface area contributed by atoms with E-state index in [9.17, 15) is 9.59 Å². The van der Waals surface area contributed by atoms with Crippen LogP contribution in [-0.2, 0) is 11.2 Å². The van der Waals surface area contributed by atoms with Crippen LogP contribution in [-0.4, -0.2) is 31.2 Å². The van der Waals surface area contributed by atoms with Crippen molar-refractivity contribution in [2.75, 3.05) is 5.32 Å². The Morgan fingerprint density at radius 2 is 2.03 bits per heavy atom. The van der Waals surface area contributed by atoms with Crippen molar-refractivity contribution in [1.29, 1.82) is 0 Å². The number of anilines is 1. The fourth-order valence-corrected chi connectivity index (χ4v) is 3.77. The van der Waals surface area contributed by atoms with Gasteiger partial charge in [-0.15, -0.1) is 11.3 Å². The maximum absolute atomic E-state index is 13.2. The van der Waals surface area contributed by atoms with Crippen molar-refractivity contribution < 1.29 is 9.59 Å². The van der Waals surface area contributed by atoms with Crippen LogP contribution in [0.4, 0.5) is 5.82 Å². The number of nitrogens with zero attached hydrogens (tertiary/aromatic N) is 4. The lowest BCUT2D eigenvalue weighted by Crippen LogP contribution is -2.15. The van der Waals surface area contributed by atoms with Gasteiger partial charge >= 0.3 is 0 Å². The molecular weight excluding hydrogens is 386 g/mol. The van der Waals surface area contributed by atoms with Gasteiger partial charge in [0.1, 0.15) is 5.82 Å². The third kappa shape index (κ3) is 3.93. The average Bonchev–Trinajstić information content (AvgIpc) is 3.35. The Morgan fingerprint density at radius 1 is 1.17 bits per heavy atom. The summed E-state index contributed by atoms with van der Waals surface area (Å²) in [4.78, 5) is 38.6. The van der Waals surface area contributed by atoms with Crippen molar-refractivity contribution in [2.45, 2.75) is 26.3 Å². The van der Waals surface area contributed by atoms with E-state index >= 15 is 0 Å². The van der Waals surface area contributed by atoms with Gasteiger partial charge < -0.3 is 9.88 Å². The number of hydrogen-bond acceptors (Lipinski definition) is 6. The molecule has 4 heterocycles. The molecule has 29 heavy (non-hydrogen) atoms. The molecule has 0 saturated heterocycles. The zero-order valence-corrected chi connectivity index (χ0v) is 16.8. The molecule has 4 aromatic rings. The lowest BCUT2D eigenvalue weighted by atomic mass is 10.0. The first-order valence-corrected chi connectivity index (χ1v) is 10.0. The molecule has 0 unspecified atom stereocenters. The lowest BCUT2D eigenvalue weighted by Gasteiger charge is -2.08. The van der Waals surface area contributed by atoms with E-state index in [1.807, 2.05) is 12.3 Å². The summed E-state index contributed by atoms with van der Waals surface area (Å²) in [5.74, 6) is 0.00537. The zero-order valence-electron chi connectivity index (χ0n) is 16.0. The number of carbonyl (C=O) groups is 2. The van der Waals surface area contributed by atoms with E-state index in [0.717, 1.165) is 15.8 Å². The first kappa shape index (κ1) is 18.9. The van der Waals surface area contributed by atoms with Gasteiger partial charge in [-0.25, -0.2) is 4.98 Å². The second-order valence-electron chi connectivity index (χ2n) is 6.89. The maximum atomic E-state index is 13.2. The summed E-state index contributed by atoms with van der Waals surface area (Å²) in [7, 11) is 0. The highest BCUT2D eigenvalue weighted by Crippen LogP contribution is 2.26. The van der Waals surface area contributed by atoms with Crippen molar-refractivity contribution in [3.8, 4) is 0 Å². The highest BCUT2D eigenvalue weighted by atomic mass is 32.1.